The Balaban J connectivity index is 2.38. The number of aryl methyl sites for hydroxylation is 1. The van der Waals surface area contributed by atoms with Gasteiger partial charge in [-0.3, -0.25) is 4.57 Å². The number of nitrogens with zero attached hydrogens (tertiary/aromatic N) is 3. The lowest BCUT2D eigenvalue weighted by atomic mass is 10.1. The van der Waals surface area contributed by atoms with Gasteiger partial charge in [0.2, 0.25) is 0 Å². The van der Waals surface area contributed by atoms with Crippen LogP contribution >= 0.6 is 0 Å². The topological polar surface area (TPSA) is 69.3 Å². The van der Waals surface area contributed by atoms with Gasteiger partial charge in [0.1, 0.15) is 18.7 Å². The first kappa shape index (κ1) is 13.9. The molecule has 2 rings (SSSR count). The van der Waals surface area contributed by atoms with Gasteiger partial charge in [-0.2, -0.15) is 5.10 Å². The summed E-state index contributed by atoms with van der Waals surface area (Å²) in [6.45, 7) is 0.110. The average molecular weight is 273 g/mol. The molecule has 6 heteroatoms. The standard InChI is InChI=1S/C14H15N3O3/c1-16-10-15-17(14(16)19)9-12-8-11(4-3-7-18)5-6-13(12)20-2/h5-6,8,10,18H,7,9H2,1-2H3. The maximum absolute atomic E-state index is 11.8. The Labute approximate surface area is 116 Å². The summed E-state index contributed by atoms with van der Waals surface area (Å²) in [6.07, 6.45) is 1.46. The third-order valence-electron chi connectivity index (χ3n) is 2.80. The number of benzene rings is 1. The molecule has 0 unspecified atom stereocenters. The van der Waals surface area contributed by atoms with Crippen LogP contribution in [0.1, 0.15) is 11.1 Å². The maximum atomic E-state index is 11.8. The number of hydrogen-bond acceptors (Lipinski definition) is 4. The molecular formula is C14H15N3O3. The van der Waals surface area contributed by atoms with E-state index >= 15 is 0 Å². The van der Waals surface area contributed by atoms with Gasteiger partial charge in [-0.05, 0) is 18.2 Å². The Morgan fingerprint density at radius 1 is 1.45 bits per heavy atom. The summed E-state index contributed by atoms with van der Waals surface area (Å²) in [5, 5.41) is 12.7. The molecule has 0 aliphatic heterocycles. The van der Waals surface area contributed by atoms with Crippen molar-refractivity contribution >= 4 is 0 Å². The van der Waals surface area contributed by atoms with E-state index in [1.807, 2.05) is 6.07 Å². The zero-order chi connectivity index (χ0) is 14.5. The van der Waals surface area contributed by atoms with Gasteiger partial charge in [0, 0.05) is 18.2 Å². The second-order valence-electron chi connectivity index (χ2n) is 4.17. The molecular weight excluding hydrogens is 258 g/mol. The predicted octanol–water partition coefficient (Wildman–Crippen LogP) is -0.0175. The smallest absolute Gasteiger partial charge is 0.345 e. The SMILES string of the molecule is COc1ccc(C#CCO)cc1Cn1ncn(C)c1=O. The van der Waals surface area contributed by atoms with Gasteiger partial charge in [-0.15, -0.1) is 0 Å². The van der Waals surface area contributed by atoms with E-state index in [1.165, 1.54) is 15.6 Å². The fraction of sp³-hybridized carbons (Fsp3) is 0.286. The van der Waals surface area contributed by atoms with Crippen LogP contribution in [0.2, 0.25) is 0 Å². The van der Waals surface area contributed by atoms with Crippen LogP contribution in [0.4, 0.5) is 0 Å². The van der Waals surface area contributed by atoms with Crippen molar-refractivity contribution in [3.05, 3.63) is 46.1 Å². The summed E-state index contributed by atoms with van der Waals surface area (Å²) in [5.41, 5.74) is 1.36. The van der Waals surface area contributed by atoms with Crippen LogP contribution < -0.4 is 10.4 Å². The maximum Gasteiger partial charge on any atom is 0.345 e. The summed E-state index contributed by atoms with van der Waals surface area (Å²) in [5.74, 6) is 6.07. The van der Waals surface area contributed by atoms with Crippen molar-refractivity contribution in [2.45, 2.75) is 6.54 Å². The summed E-state index contributed by atoms with van der Waals surface area (Å²) in [6, 6.07) is 5.40. The zero-order valence-electron chi connectivity index (χ0n) is 11.3. The van der Waals surface area contributed by atoms with Crippen molar-refractivity contribution in [3.8, 4) is 17.6 Å². The Bertz CT molecular complexity index is 719. The minimum Gasteiger partial charge on any atom is -0.496 e. The summed E-state index contributed by atoms with van der Waals surface area (Å²) >= 11 is 0. The number of aliphatic hydroxyl groups is 1. The molecule has 0 radical (unpaired) electrons. The van der Waals surface area contributed by atoms with Crippen molar-refractivity contribution in [2.75, 3.05) is 13.7 Å². The zero-order valence-corrected chi connectivity index (χ0v) is 11.3. The van der Waals surface area contributed by atoms with Crippen LogP contribution in [0.25, 0.3) is 0 Å². The highest BCUT2D eigenvalue weighted by atomic mass is 16.5. The van der Waals surface area contributed by atoms with Crippen LogP contribution in [0.5, 0.6) is 5.75 Å². The lowest BCUT2D eigenvalue weighted by Crippen LogP contribution is -2.23. The Hall–Kier alpha value is -2.52. The van der Waals surface area contributed by atoms with Gasteiger partial charge in [0.05, 0.1) is 13.7 Å². The first-order valence-corrected chi connectivity index (χ1v) is 6.00. The lowest BCUT2D eigenvalue weighted by molar-refractivity contribution is 0.350. The van der Waals surface area contributed by atoms with Crippen molar-refractivity contribution < 1.29 is 9.84 Å². The van der Waals surface area contributed by atoms with Gasteiger partial charge in [-0.25, -0.2) is 9.48 Å². The van der Waals surface area contributed by atoms with Gasteiger partial charge < -0.3 is 9.84 Å². The molecule has 0 saturated carbocycles. The van der Waals surface area contributed by atoms with E-state index in [2.05, 4.69) is 16.9 Å². The molecule has 0 spiro atoms. The summed E-state index contributed by atoms with van der Waals surface area (Å²) in [7, 11) is 3.21. The molecule has 1 N–H and O–H groups in total. The highest BCUT2D eigenvalue weighted by Gasteiger charge is 2.08. The number of ether oxygens (including phenoxy) is 1. The molecule has 6 nitrogen and oxygen atoms in total. The third-order valence-corrected chi connectivity index (χ3v) is 2.80. The number of aromatic nitrogens is 3. The van der Waals surface area contributed by atoms with Crippen LogP contribution in [0, 0.1) is 11.8 Å². The van der Waals surface area contributed by atoms with E-state index in [-0.39, 0.29) is 12.3 Å². The fourth-order valence-electron chi connectivity index (χ4n) is 1.81. The summed E-state index contributed by atoms with van der Waals surface area (Å²) < 4.78 is 8.03. The number of methoxy groups -OCH3 is 1. The molecule has 0 amide bonds. The van der Waals surface area contributed by atoms with E-state index < -0.39 is 0 Å². The predicted molar refractivity (Wildman–Crippen MR) is 73.5 cm³/mol. The number of rotatable bonds is 3. The lowest BCUT2D eigenvalue weighted by Gasteiger charge is -2.08. The Kier molecular flexibility index (Phi) is 4.23. The Morgan fingerprint density at radius 3 is 2.85 bits per heavy atom. The third kappa shape index (κ3) is 2.90. The monoisotopic (exact) mass is 273 g/mol. The highest BCUT2D eigenvalue weighted by molar-refractivity contribution is 5.44. The minimum atomic E-state index is -0.195. The molecule has 104 valence electrons. The van der Waals surface area contributed by atoms with Gasteiger partial charge >= 0.3 is 5.69 Å². The highest BCUT2D eigenvalue weighted by Crippen LogP contribution is 2.20. The Morgan fingerprint density at radius 2 is 2.25 bits per heavy atom. The average Bonchev–Trinajstić information content (AvgIpc) is 2.77. The van der Waals surface area contributed by atoms with Crippen LogP contribution in [-0.2, 0) is 13.6 Å². The molecule has 1 heterocycles. The largest absolute Gasteiger partial charge is 0.496 e. The molecule has 0 aliphatic rings. The quantitative estimate of drug-likeness (QED) is 0.798. The molecule has 0 atom stereocenters. The van der Waals surface area contributed by atoms with Gasteiger partial charge in [0.15, 0.2) is 0 Å². The van der Waals surface area contributed by atoms with Crippen molar-refractivity contribution in [1.29, 1.82) is 0 Å². The molecule has 0 bridgehead atoms. The molecule has 20 heavy (non-hydrogen) atoms. The normalized spacial score (nSPS) is 9.95. The second kappa shape index (κ2) is 6.08. The van der Waals surface area contributed by atoms with Gasteiger partial charge in [0.25, 0.3) is 0 Å². The second-order valence-corrected chi connectivity index (χ2v) is 4.17. The van der Waals surface area contributed by atoms with Crippen LogP contribution in [0.3, 0.4) is 0 Å². The number of aliphatic hydroxyl groups excluding tert-OH is 1. The summed E-state index contributed by atoms with van der Waals surface area (Å²) in [4.78, 5) is 11.8. The fourth-order valence-corrected chi connectivity index (χ4v) is 1.81. The number of hydrogen-bond donors (Lipinski definition) is 1. The van der Waals surface area contributed by atoms with E-state index in [1.54, 1.807) is 26.3 Å². The van der Waals surface area contributed by atoms with E-state index in [9.17, 15) is 4.79 Å². The molecule has 1 aromatic carbocycles. The van der Waals surface area contributed by atoms with Crippen LogP contribution in [-0.4, -0.2) is 33.2 Å². The van der Waals surface area contributed by atoms with E-state index in [4.69, 9.17) is 9.84 Å². The van der Waals surface area contributed by atoms with Gasteiger partial charge in [-0.1, -0.05) is 11.8 Å². The molecule has 0 aliphatic carbocycles. The molecule has 0 fully saturated rings. The molecule has 0 saturated heterocycles. The van der Waals surface area contributed by atoms with Crippen molar-refractivity contribution in [3.63, 3.8) is 0 Å². The van der Waals surface area contributed by atoms with E-state index in [0.29, 0.717) is 12.3 Å². The first-order valence-electron chi connectivity index (χ1n) is 6.00. The van der Waals surface area contributed by atoms with Crippen molar-refractivity contribution in [2.24, 2.45) is 7.05 Å². The van der Waals surface area contributed by atoms with Crippen LogP contribution in [0.15, 0.2) is 29.3 Å². The molecule has 1 aromatic heterocycles. The molecule has 2 aromatic rings. The van der Waals surface area contributed by atoms with Crippen molar-refractivity contribution in [1.82, 2.24) is 14.3 Å². The minimum absolute atomic E-state index is 0.193. The first-order chi connectivity index (χ1) is 9.65. The van der Waals surface area contributed by atoms with E-state index in [0.717, 1.165) is 11.1 Å².